The van der Waals surface area contributed by atoms with Crippen LogP contribution in [0.25, 0.3) is 0 Å². The van der Waals surface area contributed by atoms with Gasteiger partial charge in [0.1, 0.15) is 6.54 Å². The molecule has 0 aliphatic rings. The van der Waals surface area contributed by atoms with E-state index in [1.165, 1.54) is 0 Å². The van der Waals surface area contributed by atoms with Gasteiger partial charge in [-0.15, -0.1) is 0 Å². The van der Waals surface area contributed by atoms with E-state index in [0.717, 1.165) is 13.0 Å². The molecule has 0 aromatic carbocycles. The molecule has 1 aromatic rings. The average molecular weight is 283 g/mol. The van der Waals surface area contributed by atoms with Crippen LogP contribution in [0.2, 0.25) is 0 Å². The van der Waals surface area contributed by atoms with Gasteiger partial charge in [0.15, 0.2) is 0 Å². The quantitative estimate of drug-likeness (QED) is 0.445. The SMILES string of the molecule is O=C(O)CNC(=O)CNC(=O)NCCCn1ccnc1. The second-order valence-corrected chi connectivity index (χ2v) is 3.93. The summed E-state index contributed by atoms with van der Waals surface area (Å²) in [5, 5.41) is 15.4. The maximum atomic E-state index is 11.3. The number of urea groups is 1. The Balaban J connectivity index is 2.02. The highest BCUT2D eigenvalue weighted by molar-refractivity contribution is 5.86. The zero-order chi connectivity index (χ0) is 14.8. The Labute approximate surface area is 115 Å². The molecule has 0 unspecified atom stereocenters. The summed E-state index contributed by atoms with van der Waals surface area (Å²) in [5.74, 6) is -1.69. The number of carbonyl (C=O) groups is 3. The van der Waals surface area contributed by atoms with Gasteiger partial charge in [-0.05, 0) is 6.42 Å². The largest absolute Gasteiger partial charge is 0.480 e. The number of carboxylic acid groups (broad SMARTS) is 1. The lowest BCUT2D eigenvalue weighted by atomic mass is 10.4. The predicted molar refractivity (Wildman–Crippen MR) is 68.9 cm³/mol. The van der Waals surface area contributed by atoms with Crippen molar-refractivity contribution in [1.29, 1.82) is 0 Å². The van der Waals surface area contributed by atoms with Crippen LogP contribution in [0.15, 0.2) is 18.7 Å². The van der Waals surface area contributed by atoms with E-state index in [-0.39, 0.29) is 6.54 Å². The van der Waals surface area contributed by atoms with Crippen molar-refractivity contribution in [3.8, 4) is 0 Å². The van der Waals surface area contributed by atoms with Crippen molar-refractivity contribution in [3.05, 3.63) is 18.7 Å². The summed E-state index contributed by atoms with van der Waals surface area (Å²) in [6, 6.07) is -0.471. The minimum atomic E-state index is -1.14. The number of imidazole rings is 1. The van der Waals surface area contributed by atoms with Gasteiger partial charge in [-0.3, -0.25) is 9.59 Å². The number of hydrogen-bond acceptors (Lipinski definition) is 4. The summed E-state index contributed by atoms with van der Waals surface area (Å²) in [4.78, 5) is 36.5. The normalized spacial score (nSPS) is 9.80. The Kier molecular flexibility index (Phi) is 6.59. The molecule has 1 heterocycles. The molecule has 0 bridgehead atoms. The minimum Gasteiger partial charge on any atom is -0.480 e. The van der Waals surface area contributed by atoms with E-state index in [1.807, 2.05) is 10.8 Å². The van der Waals surface area contributed by atoms with E-state index in [9.17, 15) is 14.4 Å². The number of carboxylic acids is 1. The number of aromatic nitrogens is 2. The van der Waals surface area contributed by atoms with Crippen LogP contribution >= 0.6 is 0 Å². The standard InChI is InChI=1S/C11H17N5O4/c17-9(14-7-10(18)19)6-15-11(20)13-2-1-4-16-5-3-12-8-16/h3,5,8H,1-2,4,6-7H2,(H,14,17)(H,18,19)(H2,13,15,20). The predicted octanol–water partition coefficient (Wildman–Crippen LogP) is -1.23. The number of rotatable bonds is 8. The smallest absolute Gasteiger partial charge is 0.322 e. The molecule has 0 saturated carbocycles. The summed E-state index contributed by atoms with van der Waals surface area (Å²) >= 11 is 0. The van der Waals surface area contributed by atoms with Crippen LogP contribution in [0.5, 0.6) is 0 Å². The van der Waals surface area contributed by atoms with Crippen molar-refractivity contribution in [1.82, 2.24) is 25.5 Å². The van der Waals surface area contributed by atoms with Crippen LogP contribution in [-0.2, 0) is 16.1 Å². The molecular formula is C11H17N5O4. The van der Waals surface area contributed by atoms with Gasteiger partial charge in [0.2, 0.25) is 5.91 Å². The summed E-state index contributed by atoms with van der Waals surface area (Å²) in [6.07, 6.45) is 5.92. The molecule has 0 radical (unpaired) electrons. The molecule has 20 heavy (non-hydrogen) atoms. The molecule has 0 aliphatic heterocycles. The topological polar surface area (TPSA) is 125 Å². The first-order valence-corrected chi connectivity index (χ1v) is 6.04. The van der Waals surface area contributed by atoms with Crippen LogP contribution in [-0.4, -0.2) is 52.2 Å². The third-order valence-electron chi connectivity index (χ3n) is 2.28. The lowest BCUT2D eigenvalue weighted by Crippen LogP contribution is -2.43. The zero-order valence-corrected chi connectivity index (χ0v) is 10.8. The van der Waals surface area contributed by atoms with E-state index in [1.54, 1.807) is 12.5 Å². The van der Waals surface area contributed by atoms with E-state index >= 15 is 0 Å². The lowest BCUT2D eigenvalue weighted by Gasteiger charge is -2.07. The first kappa shape index (κ1) is 15.5. The highest BCUT2D eigenvalue weighted by atomic mass is 16.4. The fraction of sp³-hybridized carbons (Fsp3) is 0.455. The first-order valence-electron chi connectivity index (χ1n) is 6.04. The second-order valence-electron chi connectivity index (χ2n) is 3.93. The molecule has 110 valence electrons. The van der Waals surface area contributed by atoms with Crippen molar-refractivity contribution < 1.29 is 19.5 Å². The second kappa shape index (κ2) is 8.51. The van der Waals surface area contributed by atoms with Gasteiger partial charge in [0, 0.05) is 25.5 Å². The maximum Gasteiger partial charge on any atom is 0.322 e. The van der Waals surface area contributed by atoms with Crippen LogP contribution in [0.1, 0.15) is 6.42 Å². The third kappa shape index (κ3) is 6.99. The number of amides is 3. The van der Waals surface area contributed by atoms with Crippen molar-refractivity contribution >= 4 is 17.9 Å². The molecule has 0 fully saturated rings. The minimum absolute atomic E-state index is 0.263. The Morgan fingerprint density at radius 2 is 1.95 bits per heavy atom. The van der Waals surface area contributed by atoms with Gasteiger partial charge in [-0.25, -0.2) is 9.78 Å². The summed E-state index contributed by atoms with van der Waals surface area (Å²) in [5.41, 5.74) is 0. The molecule has 3 amide bonds. The number of nitrogens with zero attached hydrogens (tertiary/aromatic N) is 2. The molecule has 0 saturated heterocycles. The Bertz CT molecular complexity index is 446. The third-order valence-corrected chi connectivity index (χ3v) is 2.28. The van der Waals surface area contributed by atoms with Crippen molar-refractivity contribution in [2.45, 2.75) is 13.0 Å². The monoisotopic (exact) mass is 283 g/mol. The number of carbonyl (C=O) groups excluding carboxylic acids is 2. The number of aliphatic carboxylic acids is 1. The van der Waals surface area contributed by atoms with Crippen LogP contribution < -0.4 is 16.0 Å². The maximum absolute atomic E-state index is 11.3. The molecule has 9 nitrogen and oxygen atoms in total. The molecule has 0 atom stereocenters. The molecule has 4 N–H and O–H groups in total. The van der Waals surface area contributed by atoms with Crippen molar-refractivity contribution in [3.63, 3.8) is 0 Å². The van der Waals surface area contributed by atoms with Crippen molar-refractivity contribution in [2.24, 2.45) is 0 Å². The number of nitrogens with one attached hydrogen (secondary N) is 3. The lowest BCUT2D eigenvalue weighted by molar-refractivity contribution is -0.137. The Morgan fingerprint density at radius 3 is 2.60 bits per heavy atom. The van der Waals surface area contributed by atoms with Gasteiger partial charge in [-0.2, -0.15) is 0 Å². The van der Waals surface area contributed by atoms with Crippen LogP contribution in [0, 0.1) is 0 Å². The molecule has 1 rings (SSSR count). The van der Waals surface area contributed by atoms with Crippen LogP contribution in [0.4, 0.5) is 4.79 Å². The molecular weight excluding hydrogens is 266 g/mol. The molecule has 9 heteroatoms. The average Bonchev–Trinajstić information content (AvgIpc) is 2.92. The van der Waals surface area contributed by atoms with Gasteiger partial charge >= 0.3 is 12.0 Å². The van der Waals surface area contributed by atoms with Gasteiger partial charge in [-0.1, -0.05) is 0 Å². The van der Waals surface area contributed by atoms with Gasteiger partial charge < -0.3 is 25.6 Å². The molecule has 1 aromatic heterocycles. The Morgan fingerprint density at radius 1 is 1.15 bits per heavy atom. The van der Waals surface area contributed by atoms with Gasteiger partial charge in [0.25, 0.3) is 0 Å². The molecule has 0 aliphatic carbocycles. The van der Waals surface area contributed by atoms with Gasteiger partial charge in [0.05, 0.1) is 12.9 Å². The number of aryl methyl sites for hydroxylation is 1. The zero-order valence-electron chi connectivity index (χ0n) is 10.8. The summed E-state index contributed by atoms with van der Waals surface area (Å²) in [7, 11) is 0. The summed E-state index contributed by atoms with van der Waals surface area (Å²) < 4.78 is 1.89. The molecule has 0 spiro atoms. The van der Waals surface area contributed by atoms with E-state index in [0.29, 0.717) is 6.54 Å². The highest BCUT2D eigenvalue weighted by Crippen LogP contribution is 1.88. The fourth-order valence-electron chi connectivity index (χ4n) is 1.34. The highest BCUT2D eigenvalue weighted by Gasteiger charge is 2.05. The van der Waals surface area contributed by atoms with Crippen LogP contribution in [0.3, 0.4) is 0 Å². The summed E-state index contributed by atoms with van der Waals surface area (Å²) in [6.45, 7) is 0.466. The van der Waals surface area contributed by atoms with E-state index < -0.39 is 24.5 Å². The fourth-order valence-corrected chi connectivity index (χ4v) is 1.34. The van der Waals surface area contributed by atoms with E-state index in [4.69, 9.17) is 5.11 Å². The van der Waals surface area contributed by atoms with E-state index in [2.05, 4.69) is 20.9 Å². The van der Waals surface area contributed by atoms with Crippen molar-refractivity contribution in [2.75, 3.05) is 19.6 Å². The first-order chi connectivity index (χ1) is 9.58. The number of hydrogen-bond donors (Lipinski definition) is 4. The Hall–Kier alpha value is -2.58.